The summed E-state index contributed by atoms with van der Waals surface area (Å²) in [6.07, 6.45) is 3.00. The topological polar surface area (TPSA) is 93.5 Å². The molecule has 2 aromatic heterocycles. The molecule has 0 saturated carbocycles. The van der Waals surface area contributed by atoms with Crippen LogP contribution in [0.25, 0.3) is 5.82 Å². The third-order valence-corrected chi connectivity index (χ3v) is 3.48. The molecule has 0 spiro atoms. The van der Waals surface area contributed by atoms with Crippen molar-refractivity contribution in [3.05, 3.63) is 33.9 Å². The monoisotopic (exact) mass is 294 g/mol. The van der Waals surface area contributed by atoms with Gasteiger partial charge in [0.1, 0.15) is 11.5 Å². The van der Waals surface area contributed by atoms with Gasteiger partial charge in [-0.05, 0) is 29.8 Å². The van der Waals surface area contributed by atoms with E-state index in [0.29, 0.717) is 11.5 Å². The first kappa shape index (κ1) is 11.7. The maximum Gasteiger partial charge on any atom is 0.172 e. The van der Waals surface area contributed by atoms with Gasteiger partial charge in [-0.25, -0.2) is 14.6 Å². The molecule has 0 aliphatic carbocycles. The van der Waals surface area contributed by atoms with E-state index in [4.69, 9.17) is 11.1 Å². The van der Waals surface area contributed by atoms with E-state index in [2.05, 4.69) is 31.0 Å². The van der Waals surface area contributed by atoms with Crippen molar-refractivity contribution in [3.63, 3.8) is 0 Å². The molecule has 2 aromatic rings. The average Bonchev–Trinajstić information content (AvgIpc) is 2.57. The van der Waals surface area contributed by atoms with Crippen LogP contribution in [0.15, 0.2) is 16.9 Å². The van der Waals surface area contributed by atoms with Crippen LogP contribution >= 0.6 is 15.9 Å². The van der Waals surface area contributed by atoms with E-state index in [1.807, 2.05) is 13.8 Å². The normalized spacial score (nSPS) is 10.5. The minimum atomic E-state index is -0.0985. The fourth-order valence-corrected chi connectivity index (χ4v) is 1.66. The number of aromatic nitrogens is 4. The predicted octanol–water partition coefficient (Wildman–Crippen LogP) is 1.33. The SMILES string of the molecule is Cc1nn(-c2cnc(C(=N)N)cn2)c(C)c1Br. The summed E-state index contributed by atoms with van der Waals surface area (Å²) in [5.41, 5.74) is 7.51. The van der Waals surface area contributed by atoms with Crippen LogP contribution in [0.4, 0.5) is 0 Å². The summed E-state index contributed by atoms with van der Waals surface area (Å²) < 4.78 is 2.64. The van der Waals surface area contributed by atoms with Gasteiger partial charge in [0.15, 0.2) is 5.82 Å². The van der Waals surface area contributed by atoms with Crippen molar-refractivity contribution in [2.24, 2.45) is 5.73 Å². The lowest BCUT2D eigenvalue weighted by molar-refractivity contribution is 0.798. The number of nitrogens with one attached hydrogen (secondary N) is 1. The zero-order valence-corrected chi connectivity index (χ0v) is 11.0. The maximum atomic E-state index is 7.24. The molecular formula is C10H11BrN6. The Balaban J connectivity index is 2.47. The highest BCUT2D eigenvalue weighted by molar-refractivity contribution is 9.10. The van der Waals surface area contributed by atoms with Gasteiger partial charge in [-0.3, -0.25) is 5.41 Å². The molecule has 0 aliphatic rings. The highest BCUT2D eigenvalue weighted by Crippen LogP contribution is 2.21. The second kappa shape index (κ2) is 4.25. The lowest BCUT2D eigenvalue weighted by Gasteiger charge is -2.03. The number of nitrogens with zero attached hydrogens (tertiary/aromatic N) is 4. The first-order valence-electron chi connectivity index (χ1n) is 4.89. The molecule has 0 bridgehead atoms. The molecule has 0 saturated heterocycles. The number of nitrogen functional groups attached to an aromatic ring is 1. The Morgan fingerprint density at radius 1 is 1.35 bits per heavy atom. The van der Waals surface area contributed by atoms with Crippen LogP contribution in [0.3, 0.4) is 0 Å². The van der Waals surface area contributed by atoms with Crippen LogP contribution in [-0.2, 0) is 0 Å². The molecule has 0 aromatic carbocycles. The van der Waals surface area contributed by atoms with Gasteiger partial charge in [0.25, 0.3) is 0 Å². The predicted molar refractivity (Wildman–Crippen MR) is 67.3 cm³/mol. The van der Waals surface area contributed by atoms with Gasteiger partial charge in [-0.1, -0.05) is 0 Å². The Hall–Kier alpha value is -1.76. The summed E-state index contributed by atoms with van der Waals surface area (Å²) >= 11 is 3.45. The van der Waals surface area contributed by atoms with Crippen molar-refractivity contribution < 1.29 is 0 Å². The zero-order valence-electron chi connectivity index (χ0n) is 9.40. The fraction of sp³-hybridized carbons (Fsp3) is 0.200. The number of nitrogens with two attached hydrogens (primary N) is 1. The molecule has 2 heterocycles. The number of rotatable bonds is 2. The van der Waals surface area contributed by atoms with Crippen molar-refractivity contribution in [2.75, 3.05) is 0 Å². The van der Waals surface area contributed by atoms with Gasteiger partial charge >= 0.3 is 0 Å². The molecule has 0 atom stereocenters. The minimum Gasteiger partial charge on any atom is -0.382 e. The number of amidine groups is 1. The Labute approximate surface area is 107 Å². The molecular weight excluding hydrogens is 284 g/mol. The highest BCUT2D eigenvalue weighted by Gasteiger charge is 2.11. The lowest BCUT2D eigenvalue weighted by Crippen LogP contribution is -2.14. The van der Waals surface area contributed by atoms with Crippen molar-refractivity contribution in [1.82, 2.24) is 19.7 Å². The molecule has 0 radical (unpaired) electrons. The molecule has 0 unspecified atom stereocenters. The summed E-state index contributed by atoms with van der Waals surface area (Å²) in [6.45, 7) is 3.84. The first-order valence-corrected chi connectivity index (χ1v) is 5.68. The number of halogens is 1. The Bertz CT molecular complexity index is 571. The van der Waals surface area contributed by atoms with Gasteiger partial charge in [0, 0.05) is 0 Å². The average molecular weight is 295 g/mol. The summed E-state index contributed by atoms with van der Waals surface area (Å²) in [4.78, 5) is 8.23. The third-order valence-electron chi connectivity index (χ3n) is 2.33. The second-order valence-corrected chi connectivity index (χ2v) is 4.36. The smallest absolute Gasteiger partial charge is 0.172 e. The summed E-state index contributed by atoms with van der Waals surface area (Å²) in [7, 11) is 0. The van der Waals surface area contributed by atoms with Gasteiger partial charge in [-0.2, -0.15) is 5.10 Å². The van der Waals surface area contributed by atoms with E-state index in [-0.39, 0.29) is 5.84 Å². The summed E-state index contributed by atoms with van der Waals surface area (Å²) in [6, 6.07) is 0. The van der Waals surface area contributed by atoms with E-state index in [0.717, 1.165) is 15.9 Å². The fourth-order valence-electron chi connectivity index (χ4n) is 1.42. The number of hydrogen-bond donors (Lipinski definition) is 2. The van der Waals surface area contributed by atoms with Crippen molar-refractivity contribution >= 4 is 21.8 Å². The Kier molecular flexibility index (Phi) is 2.93. The molecule has 7 heteroatoms. The highest BCUT2D eigenvalue weighted by atomic mass is 79.9. The molecule has 0 aliphatic heterocycles. The van der Waals surface area contributed by atoms with Crippen molar-refractivity contribution in [2.45, 2.75) is 13.8 Å². The quantitative estimate of drug-likeness (QED) is 0.645. The summed E-state index contributed by atoms with van der Waals surface area (Å²) in [5.74, 6) is 0.500. The molecule has 0 fully saturated rings. The van der Waals surface area contributed by atoms with E-state index in [1.54, 1.807) is 10.9 Å². The molecule has 3 N–H and O–H groups in total. The maximum absolute atomic E-state index is 7.24. The molecule has 2 rings (SSSR count). The Morgan fingerprint density at radius 2 is 2.06 bits per heavy atom. The minimum absolute atomic E-state index is 0.0985. The molecule has 0 amide bonds. The number of aryl methyl sites for hydroxylation is 1. The van der Waals surface area contributed by atoms with Gasteiger partial charge in [0.05, 0.1) is 28.3 Å². The van der Waals surface area contributed by atoms with Gasteiger partial charge in [-0.15, -0.1) is 0 Å². The summed E-state index contributed by atoms with van der Waals surface area (Å²) in [5, 5.41) is 11.6. The number of hydrogen-bond acceptors (Lipinski definition) is 4. The molecule has 6 nitrogen and oxygen atoms in total. The molecule has 17 heavy (non-hydrogen) atoms. The Morgan fingerprint density at radius 3 is 2.47 bits per heavy atom. The second-order valence-electron chi connectivity index (χ2n) is 3.57. The van der Waals surface area contributed by atoms with Gasteiger partial charge < -0.3 is 5.73 Å². The van der Waals surface area contributed by atoms with E-state index >= 15 is 0 Å². The third kappa shape index (κ3) is 2.05. The molecule has 88 valence electrons. The van der Waals surface area contributed by atoms with Crippen LogP contribution in [0.1, 0.15) is 17.1 Å². The van der Waals surface area contributed by atoms with Gasteiger partial charge in [0.2, 0.25) is 0 Å². The first-order chi connectivity index (χ1) is 8.00. The van der Waals surface area contributed by atoms with E-state index < -0.39 is 0 Å². The zero-order chi connectivity index (χ0) is 12.6. The standard InChI is InChI=1S/C10H11BrN6/c1-5-9(11)6(2)17(16-5)8-4-14-7(3-15-8)10(12)13/h3-4H,1-2H3,(H3,12,13). The van der Waals surface area contributed by atoms with Crippen LogP contribution in [-0.4, -0.2) is 25.6 Å². The van der Waals surface area contributed by atoms with Crippen LogP contribution in [0, 0.1) is 19.3 Å². The van der Waals surface area contributed by atoms with Crippen LogP contribution in [0.5, 0.6) is 0 Å². The van der Waals surface area contributed by atoms with E-state index in [9.17, 15) is 0 Å². The van der Waals surface area contributed by atoms with Crippen LogP contribution in [0.2, 0.25) is 0 Å². The van der Waals surface area contributed by atoms with Crippen molar-refractivity contribution in [3.8, 4) is 5.82 Å². The van der Waals surface area contributed by atoms with E-state index in [1.165, 1.54) is 6.20 Å². The largest absolute Gasteiger partial charge is 0.382 e. The van der Waals surface area contributed by atoms with Crippen molar-refractivity contribution in [1.29, 1.82) is 5.41 Å². The lowest BCUT2D eigenvalue weighted by atomic mass is 10.4. The van der Waals surface area contributed by atoms with Crippen LogP contribution < -0.4 is 5.73 Å².